The van der Waals surface area contributed by atoms with Crippen LogP contribution in [0.3, 0.4) is 0 Å². The summed E-state index contributed by atoms with van der Waals surface area (Å²) in [7, 11) is 1.48. The van der Waals surface area contributed by atoms with Crippen molar-refractivity contribution in [3.05, 3.63) is 24.3 Å². The van der Waals surface area contributed by atoms with Crippen molar-refractivity contribution < 1.29 is 14.3 Å². The van der Waals surface area contributed by atoms with E-state index in [1.807, 2.05) is 0 Å². The van der Waals surface area contributed by atoms with Gasteiger partial charge in [-0.15, -0.1) is 0 Å². The number of hydrogen-bond acceptors (Lipinski definition) is 3. The van der Waals surface area contributed by atoms with E-state index in [4.69, 9.17) is 4.74 Å². The Hall–Kier alpha value is -1.84. The van der Waals surface area contributed by atoms with Crippen LogP contribution in [0.15, 0.2) is 24.3 Å². The van der Waals surface area contributed by atoms with Gasteiger partial charge in [0.05, 0.1) is 12.8 Å². The predicted octanol–water partition coefficient (Wildman–Crippen LogP) is 0.814. The highest BCUT2D eigenvalue weighted by molar-refractivity contribution is 5.97. The van der Waals surface area contributed by atoms with E-state index in [1.165, 1.54) is 7.11 Å². The highest BCUT2D eigenvalue weighted by atomic mass is 16.5. The summed E-state index contributed by atoms with van der Waals surface area (Å²) in [5.41, 5.74) is 0.440. The number of benzene rings is 1. The van der Waals surface area contributed by atoms with E-state index in [1.54, 1.807) is 24.3 Å². The average Bonchev–Trinajstić information content (AvgIpc) is 2.20. The lowest BCUT2D eigenvalue weighted by Crippen LogP contribution is -2.18. The Labute approximate surface area is 75.7 Å². The van der Waals surface area contributed by atoms with Crippen LogP contribution < -0.4 is 9.64 Å². The average molecular weight is 179 g/mol. The molecule has 2 amide bonds. The lowest BCUT2D eigenvalue weighted by Gasteiger charge is -2.12. The molecule has 0 aliphatic rings. The normalized spacial score (nSPS) is 9.00. The van der Waals surface area contributed by atoms with Crippen LogP contribution in [0.1, 0.15) is 0 Å². The third-order valence-corrected chi connectivity index (χ3v) is 1.59. The molecule has 0 N–H and O–H groups in total. The first-order valence-electron chi connectivity index (χ1n) is 3.65. The van der Waals surface area contributed by atoms with E-state index in [2.05, 4.69) is 0 Å². The van der Waals surface area contributed by atoms with Gasteiger partial charge in [0.1, 0.15) is 5.75 Å². The Kier molecular flexibility index (Phi) is 3.03. The number of amides is 2. The number of nitrogens with zero attached hydrogens (tertiary/aromatic N) is 1. The Bertz CT molecular complexity index is 303. The summed E-state index contributed by atoms with van der Waals surface area (Å²) in [6.45, 7) is 0. The molecule has 0 fully saturated rings. The molecule has 0 bridgehead atoms. The third kappa shape index (κ3) is 1.84. The number of imide groups is 1. The molecule has 0 unspecified atom stereocenters. The highest BCUT2D eigenvalue weighted by Gasteiger charge is 2.08. The summed E-state index contributed by atoms with van der Waals surface area (Å²) in [5, 5.41) is 0. The van der Waals surface area contributed by atoms with Crippen molar-refractivity contribution in [1.82, 2.24) is 0 Å². The summed E-state index contributed by atoms with van der Waals surface area (Å²) in [6, 6.07) is 6.78. The predicted molar refractivity (Wildman–Crippen MR) is 47.6 cm³/mol. The maximum atomic E-state index is 10.4. The van der Waals surface area contributed by atoms with Gasteiger partial charge in [0.15, 0.2) is 0 Å². The molecule has 0 aliphatic carbocycles. The number of ether oxygens (including phenoxy) is 1. The summed E-state index contributed by atoms with van der Waals surface area (Å²) in [4.78, 5) is 21.8. The van der Waals surface area contributed by atoms with E-state index in [-0.39, 0.29) is 0 Å². The first-order chi connectivity index (χ1) is 6.33. The number of hydrogen-bond donors (Lipinski definition) is 0. The van der Waals surface area contributed by atoms with E-state index in [0.717, 1.165) is 4.90 Å². The molecular weight excluding hydrogens is 170 g/mol. The molecular formula is C9H9NO3. The fourth-order valence-electron chi connectivity index (χ4n) is 0.981. The van der Waals surface area contributed by atoms with Crippen LogP contribution in [0.25, 0.3) is 0 Å². The first-order valence-corrected chi connectivity index (χ1v) is 3.65. The van der Waals surface area contributed by atoms with Crippen LogP contribution in [0.4, 0.5) is 5.69 Å². The fourth-order valence-corrected chi connectivity index (χ4v) is 0.981. The van der Waals surface area contributed by atoms with Gasteiger partial charge < -0.3 is 4.74 Å². The molecule has 0 atom stereocenters. The van der Waals surface area contributed by atoms with Gasteiger partial charge in [0, 0.05) is 0 Å². The molecule has 13 heavy (non-hydrogen) atoms. The number of anilines is 1. The SMILES string of the molecule is COc1ccccc1N(C=O)C=O. The molecule has 1 aromatic rings. The van der Waals surface area contributed by atoms with Crippen molar-refractivity contribution in [3.63, 3.8) is 0 Å². The zero-order valence-electron chi connectivity index (χ0n) is 7.14. The summed E-state index contributed by atoms with van der Waals surface area (Å²) >= 11 is 0. The molecule has 0 saturated heterocycles. The first kappa shape index (κ1) is 9.25. The largest absolute Gasteiger partial charge is 0.495 e. The van der Waals surface area contributed by atoms with Gasteiger partial charge in [-0.3, -0.25) is 14.5 Å². The van der Waals surface area contributed by atoms with E-state index >= 15 is 0 Å². The van der Waals surface area contributed by atoms with Gasteiger partial charge in [-0.05, 0) is 12.1 Å². The number of methoxy groups -OCH3 is 1. The maximum Gasteiger partial charge on any atom is 0.220 e. The van der Waals surface area contributed by atoms with Crippen molar-refractivity contribution in [2.24, 2.45) is 0 Å². The monoisotopic (exact) mass is 179 g/mol. The topological polar surface area (TPSA) is 46.6 Å². The molecule has 0 aliphatic heterocycles. The number of carbonyl (C=O) groups excluding carboxylic acids is 2. The molecule has 0 heterocycles. The van der Waals surface area contributed by atoms with E-state index in [0.29, 0.717) is 24.3 Å². The second kappa shape index (κ2) is 4.25. The molecule has 0 radical (unpaired) electrons. The van der Waals surface area contributed by atoms with Crippen LogP contribution >= 0.6 is 0 Å². The van der Waals surface area contributed by atoms with Crippen LogP contribution in [0.2, 0.25) is 0 Å². The molecule has 4 nitrogen and oxygen atoms in total. The zero-order chi connectivity index (χ0) is 9.68. The highest BCUT2D eigenvalue weighted by Crippen LogP contribution is 2.25. The maximum absolute atomic E-state index is 10.4. The van der Waals surface area contributed by atoms with Gasteiger partial charge >= 0.3 is 0 Å². The van der Waals surface area contributed by atoms with Crippen molar-refractivity contribution >= 4 is 18.5 Å². The Morgan fingerprint density at radius 2 is 1.85 bits per heavy atom. The molecule has 68 valence electrons. The summed E-state index contributed by atoms with van der Waals surface area (Å²) in [6.07, 6.45) is 0.871. The Balaban J connectivity index is 3.10. The number of rotatable bonds is 4. The van der Waals surface area contributed by atoms with Crippen LogP contribution in [-0.2, 0) is 9.59 Å². The van der Waals surface area contributed by atoms with Crippen LogP contribution in [0, 0.1) is 0 Å². The lowest BCUT2D eigenvalue weighted by atomic mass is 10.3. The quantitative estimate of drug-likeness (QED) is 0.642. The molecule has 0 spiro atoms. The van der Waals surface area contributed by atoms with Gasteiger partial charge in [-0.25, -0.2) is 0 Å². The Morgan fingerprint density at radius 1 is 1.23 bits per heavy atom. The summed E-state index contributed by atoms with van der Waals surface area (Å²) < 4.78 is 4.97. The fraction of sp³-hybridized carbons (Fsp3) is 0.111. The zero-order valence-corrected chi connectivity index (χ0v) is 7.14. The molecule has 4 heteroatoms. The summed E-state index contributed by atoms with van der Waals surface area (Å²) in [5.74, 6) is 0.488. The van der Waals surface area contributed by atoms with Crippen molar-refractivity contribution in [2.75, 3.05) is 12.0 Å². The van der Waals surface area contributed by atoms with Gasteiger partial charge in [-0.1, -0.05) is 12.1 Å². The van der Waals surface area contributed by atoms with E-state index in [9.17, 15) is 9.59 Å². The molecule has 1 rings (SSSR count). The van der Waals surface area contributed by atoms with E-state index < -0.39 is 0 Å². The number of carbonyl (C=O) groups is 2. The second-order valence-corrected chi connectivity index (χ2v) is 2.29. The van der Waals surface area contributed by atoms with Gasteiger partial charge in [-0.2, -0.15) is 0 Å². The minimum absolute atomic E-state index is 0.435. The third-order valence-electron chi connectivity index (χ3n) is 1.59. The standard InChI is InChI=1S/C9H9NO3/c1-13-9-5-3-2-4-8(9)10(6-11)7-12/h2-7H,1H3. The van der Waals surface area contributed by atoms with Crippen LogP contribution in [0.5, 0.6) is 5.75 Å². The number of para-hydroxylation sites is 2. The molecule has 0 aromatic heterocycles. The van der Waals surface area contributed by atoms with Gasteiger partial charge in [0.2, 0.25) is 12.8 Å². The van der Waals surface area contributed by atoms with Crippen LogP contribution in [-0.4, -0.2) is 19.9 Å². The smallest absolute Gasteiger partial charge is 0.220 e. The second-order valence-electron chi connectivity index (χ2n) is 2.29. The lowest BCUT2D eigenvalue weighted by molar-refractivity contribution is -0.114. The molecule has 1 aromatic carbocycles. The minimum Gasteiger partial charge on any atom is -0.495 e. The molecule has 0 saturated carbocycles. The van der Waals surface area contributed by atoms with Crippen molar-refractivity contribution in [3.8, 4) is 5.75 Å². The Morgan fingerprint density at radius 3 is 2.38 bits per heavy atom. The van der Waals surface area contributed by atoms with Gasteiger partial charge in [0.25, 0.3) is 0 Å². The van der Waals surface area contributed by atoms with Crippen molar-refractivity contribution in [1.29, 1.82) is 0 Å². The minimum atomic E-state index is 0.435. The van der Waals surface area contributed by atoms with Crippen molar-refractivity contribution in [2.45, 2.75) is 0 Å².